The topological polar surface area (TPSA) is 107 Å². The molecule has 0 fully saturated rings. The fraction of sp³-hybridized carbons (Fsp3) is 0.333. The summed E-state index contributed by atoms with van der Waals surface area (Å²) in [5.74, 6) is -2.41. The molecule has 0 aliphatic carbocycles. The molecule has 0 saturated carbocycles. The fourth-order valence-electron chi connectivity index (χ4n) is 1.40. The first kappa shape index (κ1) is 15.0. The van der Waals surface area contributed by atoms with Crippen molar-refractivity contribution in [3.05, 3.63) is 29.8 Å². The minimum atomic E-state index is -3.90. The average Bonchev–Trinajstić information content (AvgIpc) is 2.27. The molecule has 1 aromatic carbocycles. The fourth-order valence-corrected chi connectivity index (χ4v) is 2.29. The van der Waals surface area contributed by atoms with Crippen LogP contribution in [0.1, 0.15) is 19.4 Å². The lowest BCUT2D eigenvalue weighted by molar-refractivity contribution is -0.134. The number of rotatable bonds is 5. The van der Waals surface area contributed by atoms with E-state index in [4.69, 9.17) is 10.4 Å². The van der Waals surface area contributed by atoms with Gasteiger partial charge in [0.25, 0.3) is 0 Å². The minimum absolute atomic E-state index is 0.263. The Hall–Kier alpha value is -2.07. The zero-order valence-electron chi connectivity index (χ0n) is 10.5. The smallest absolute Gasteiger partial charge is 0.320 e. The molecule has 0 saturated heterocycles. The maximum Gasteiger partial charge on any atom is 0.320 e. The second-order valence-corrected chi connectivity index (χ2v) is 6.29. The van der Waals surface area contributed by atoms with Gasteiger partial charge in [-0.05, 0) is 31.5 Å². The summed E-state index contributed by atoms with van der Waals surface area (Å²) in [5.41, 5.74) is 0.341. The van der Waals surface area contributed by atoms with E-state index in [9.17, 15) is 13.2 Å². The van der Waals surface area contributed by atoms with Gasteiger partial charge in [0.1, 0.15) is 0 Å². The van der Waals surface area contributed by atoms with E-state index in [2.05, 4.69) is 10.8 Å². The predicted molar refractivity (Wildman–Crippen MR) is 70.1 cm³/mol. The molecule has 1 aromatic rings. The summed E-state index contributed by atoms with van der Waals surface area (Å²) >= 11 is 0. The number of nitrogens with one attached hydrogen (secondary N) is 1. The van der Waals surface area contributed by atoms with Crippen molar-refractivity contribution < 1.29 is 18.3 Å². The number of sulfonamides is 1. The molecular formula is C12H14N2O4S. The van der Waals surface area contributed by atoms with Crippen LogP contribution < -0.4 is 4.72 Å². The Labute approximate surface area is 111 Å². The number of carboxylic acids is 1. The molecule has 0 heterocycles. The summed E-state index contributed by atoms with van der Waals surface area (Å²) in [4.78, 5) is 10.4. The van der Waals surface area contributed by atoms with Crippen molar-refractivity contribution in [1.29, 1.82) is 5.26 Å². The van der Waals surface area contributed by atoms with Crippen LogP contribution in [-0.4, -0.2) is 25.2 Å². The van der Waals surface area contributed by atoms with Crippen molar-refractivity contribution >= 4 is 21.7 Å². The number of aliphatic carboxylic acids is 1. The molecule has 0 aliphatic heterocycles. The molecule has 0 aromatic heterocycles. The number of carboxylic acid groups (broad SMARTS) is 1. The number of carbonyl (C=O) groups is 1. The van der Waals surface area contributed by atoms with Crippen LogP contribution in [0.4, 0.5) is 5.69 Å². The lowest BCUT2D eigenvalue weighted by Crippen LogP contribution is -2.22. The number of hydrogen-bond donors (Lipinski definition) is 2. The lowest BCUT2D eigenvalue weighted by atomic mass is 9.86. The van der Waals surface area contributed by atoms with Crippen molar-refractivity contribution in [3.8, 4) is 6.07 Å². The highest BCUT2D eigenvalue weighted by molar-refractivity contribution is 7.93. The van der Waals surface area contributed by atoms with E-state index >= 15 is 0 Å². The van der Waals surface area contributed by atoms with Crippen LogP contribution in [0.2, 0.25) is 0 Å². The number of anilines is 1. The first-order valence-corrected chi connectivity index (χ1v) is 7.05. The standard InChI is InChI=1S/C12H14N2O4S/c1-12(2,8-13)9-3-5-10(6-4-9)14-19(17,18)7-11(15)16/h3-6,14H,7H2,1-2H3,(H,15,16). The summed E-state index contributed by atoms with van der Waals surface area (Å²) in [6.07, 6.45) is 0. The van der Waals surface area contributed by atoms with Gasteiger partial charge < -0.3 is 5.11 Å². The van der Waals surface area contributed by atoms with Gasteiger partial charge in [-0.15, -0.1) is 0 Å². The highest BCUT2D eigenvalue weighted by Crippen LogP contribution is 2.23. The molecule has 0 unspecified atom stereocenters. The highest BCUT2D eigenvalue weighted by Gasteiger charge is 2.20. The molecule has 0 radical (unpaired) electrons. The minimum Gasteiger partial charge on any atom is -0.480 e. The molecule has 102 valence electrons. The molecule has 0 spiro atoms. The molecule has 1 rings (SSSR count). The van der Waals surface area contributed by atoms with Crippen molar-refractivity contribution in [3.63, 3.8) is 0 Å². The summed E-state index contributed by atoms with van der Waals surface area (Å²) in [5, 5.41) is 17.4. The summed E-state index contributed by atoms with van der Waals surface area (Å²) < 4.78 is 25.0. The van der Waals surface area contributed by atoms with Gasteiger partial charge in [0.2, 0.25) is 10.0 Å². The molecule has 0 aliphatic rings. The van der Waals surface area contributed by atoms with Gasteiger partial charge in [0.15, 0.2) is 5.75 Å². The van der Waals surface area contributed by atoms with Crippen LogP contribution in [0.25, 0.3) is 0 Å². The molecule has 0 atom stereocenters. The third kappa shape index (κ3) is 4.26. The molecule has 0 bridgehead atoms. The van der Waals surface area contributed by atoms with Gasteiger partial charge in [-0.1, -0.05) is 12.1 Å². The van der Waals surface area contributed by atoms with E-state index in [1.807, 2.05) is 0 Å². The van der Waals surface area contributed by atoms with Gasteiger partial charge in [-0.3, -0.25) is 9.52 Å². The number of nitriles is 1. The zero-order chi connectivity index (χ0) is 14.7. The van der Waals surface area contributed by atoms with Crippen molar-refractivity contribution in [2.24, 2.45) is 0 Å². The normalized spacial score (nSPS) is 11.6. The van der Waals surface area contributed by atoms with Crippen LogP contribution >= 0.6 is 0 Å². The van der Waals surface area contributed by atoms with Crippen LogP contribution in [-0.2, 0) is 20.2 Å². The molecule has 19 heavy (non-hydrogen) atoms. The van der Waals surface area contributed by atoms with Crippen molar-refractivity contribution in [2.75, 3.05) is 10.5 Å². The Bertz CT molecular complexity index is 612. The summed E-state index contributed by atoms with van der Waals surface area (Å²) in [7, 11) is -3.90. The summed E-state index contributed by atoms with van der Waals surface area (Å²) in [6.45, 7) is 3.49. The Kier molecular flexibility index (Phi) is 4.17. The van der Waals surface area contributed by atoms with E-state index in [-0.39, 0.29) is 5.69 Å². The molecule has 0 amide bonds. The van der Waals surface area contributed by atoms with Crippen LogP contribution in [0, 0.1) is 11.3 Å². The quantitative estimate of drug-likeness (QED) is 0.846. The largest absolute Gasteiger partial charge is 0.480 e. The maximum atomic E-state index is 11.4. The van der Waals surface area contributed by atoms with E-state index in [0.717, 1.165) is 5.56 Å². The van der Waals surface area contributed by atoms with Crippen molar-refractivity contribution in [1.82, 2.24) is 0 Å². The number of benzene rings is 1. The van der Waals surface area contributed by atoms with E-state index < -0.39 is 27.2 Å². The van der Waals surface area contributed by atoms with Gasteiger partial charge in [0.05, 0.1) is 11.5 Å². The Morgan fingerprint density at radius 2 is 1.89 bits per heavy atom. The highest BCUT2D eigenvalue weighted by atomic mass is 32.2. The van der Waals surface area contributed by atoms with Crippen LogP contribution in [0.3, 0.4) is 0 Å². The number of hydrogen-bond acceptors (Lipinski definition) is 4. The van der Waals surface area contributed by atoms with Gasteiger partial charge in [-0.2, -0.15) is 5.26 Å². The summed E-state index contributed by atoms with van der Waals surface area (Å²) in [6, 6.07) is 8.38. The second kappa shape index (κ2) is 5.28. The molecule has 6 nitrogen and oxygen atoms in total. The van der Waals surface area contributed by atoms with Gasteiger partial charge in [0, 0.05) is 5.69 Å². The first-order valence-electron chi connectivity index (χ1n) is 5.40. The van der Waals surface area contributed by atoms with Crippen molar-refractivity contribution in [2.45, 2.75) is 19.3 Å². The van der Waals surface area contributed by atoms with E-state index in [1.54, 1.807) is 26.0 Å². The number of nitrogens with zero attached hydrogens (tertiary/aromatic N) is 1. The third-order valence-corrected chi connectivity index (χ3v) is 3.65. The van der Waals surface area contributed by atoms with E-state index in [1.165, 1.54) is 12.1 Å². The first-order chi connectivity index (χ1) is 8.66. The zero-order valence-corrected chi connectivity index (χ0v) is 11.4. The molecule has 2 N–H and O–H groups in total. The lowest BCUT2D eigenvalue weighted by Gasteiger charge is -2.16. The molecular weight excluding hydrogens is 268 g/mol. The van der Waals surface area contributed by atoms with Crippen LogP contribution in [0.5, 0.6) is 0 Å². The second-order valence-electron chi connectivity index (χ2n) is 4.57. The van der Waals surface area contributed by atoms with Crippen LogP contribution in [0.15, 0.2) is 24.3 Å². The Morgan fingerprint density at radius 3 is 2.32 bits per heavy atom. The monoisotopic (exact) mass is 282 g/mol. The van der Waals surface area contributed by atoms with Gasteiger partial charge >= 0.3 is 5.97 Å². The van der Waals surface area contributed by atoms with E-state index in [0.29, 0.717) is 0 Å². The third-order valence-electron chi connectivity index (χ3n) is 2.47. The SMILES string of the molecule is CC(C)(C#N)c1ccc(NS(=O)(=O)CC(=O)O)cc1. The predicted octanol–water partition coefficient (Wildman–Crippen LogP) is 1.31. The Morgan fingerprint density at radius 1 is 1.37 bits per heavy atom. The van der Waals surface area contributed by atoms with Gasteiger partial charge in [-0.25, -0.2) is 8.42 Å². The maximum absolute atomic E-state index is 11.4. The molecule has 7 heteroatoms. The Balaban J connectivity index is 2.90. The average molecular weight is 282 g/mol.